The number of amides is 1. The Morgan fingerprint density at radius 2 is 1.65 bits per heavy atom. The molecule has 2 aromatic carbocycles. The van der Waals surface area contributed by atoms with Crippen molar-refractivity contribution in [2.75, 3.05) is 19.1 Å². The van der Waals surface area contributed by atoms with Gasteiger partial charge < -0.3 is 14.6 Å². The fourth-order valence-corrected chi connectivity index (χ4v) is 2.48. The molecule has 122 valence electrons. The van der Waals surface area contributed by atoms with Crippen LogP contribution in [0.4, 0.5) is 11.4 Å². The number of aryl methyl sites for hydroxylation is 1. The second kappa shape index (κ2) is 6.60. The molecule has 0 aliphatic heterocycles. The zero-order valence-corrected chi connectivity index (χ0v) is 14.0. The zero-order chi connectivity index (χ0) is 17.1. The minimum Gasteiger partial charge on any atom is -0.504 e. The number of aromatic hydroxyl groups is 1. The van der Waals surface area contributed by atoms with E-state index < -0.39 is 0 Å². The highest BCUT2D eigenvalue weighted by Gasteiger charge is 2.18. The zero-order valence-electron chi connectivity index (χ0n) is 14.0. The molecule has 0 saturated carbocycles. The Hall–Kier alpha value is -2.69. The molecule has 5 nitrogen and oxygen atoms in total. The quantitative estimate of drug-likeness (QED) is 0.934. The molecule has 0 aromatic heterocycles. The van der Waals surface area contributed by atoms with Crippen LogP contribution < -0.4 is 14.4 Å². The van der Waals surface area contributed by atoms with E-state index in [1.54, 1.807) is 19.2 Å². The molecule has 0 atom stereocenters. The molecule has 1 N–H and O–H groups in total. The molecule has 2 rings (SSSR count). The van der Waals surface area contributed by atoms with Crippen LogP contribution in [0.15, 0.2) is 30.3 Å². The van der Waals surface area contributed by atoms with Gasteiger partial charge in [0, 0.05) is 19.1 Å². The largest absolute Gasteiger partial charge is 0.504 e. The van der Waals surface area contributed by atoms with Gasteiger partial charge in [-0.3, -0.25) is 9.69 Å². The summed E-state index contributed by atoms with van der Waals surface area (Å²) in [6, 6.07) is 8.58. The van der Waals surface area contributed by atoms with E-state index in [4.69, 9.17) is 9.47 Å². The van der Waals surface area contributed by atoms with E-state index in [2.05, 4.69) is 0 Å². The molecule has 0 aliphatic rings. The maximum Gasteiger partial charge on any atom is 0.228 e. The van der Waals surface area contributed by atoms with Crippen LogP contribution in [0.25, 0.3) is 0 Å². The monoisotopic (exact) mass is 315 g/mol. The first kappa shape index (κ1) is 16.7. The Kier molecular flexibility index (Phi) is 4.79. The van der Waals surface area contributed by atoms with Crippen molar-refractivity contribution in [2.45, 2.75) is 20.8 Å². The lowest BCUT2D eigenvalue weighted by molar-refractivity contribution is -0.115. The number of ether oxygens (including phenoxy) is 2. The van der Waals surface area contributed by atoms with Crippen LogP contribution in [0.1, 0.15) is 18.1 Å². The van der Waals surface area contributed by atoms with Crippen LogP contribution in [0, 0.1) is 13.8 Å². The van der Waals surface area contributed by atoms with Gasteiger partial charge in [-0.2, -0.15) is 0 Å². The van der Waals surface area contributed by atoms with E-state index in [-0.39, 0.29) is 11.7 Å². The van der Waals surface area contributed by atoms with Gasteiger partial charge in [-0.1, -0.05) is 0 Å². The highest BCUT2D eigenvalue weighted by Crippen LogP contribution is 2.36. The van der Waals surface area contributed by atoms with E-state index in [9.17, 15) is 9.90 Å². The van der Waals surface area contributed by atoms with Crippen LogP contribution in [-0.4, -0.2) is 25.2 Å². The lowest BCUT2D eigenvalue weighted by Crippen LogP contribution is -2.23. The minimum absolute atomic E-state index is 0.0213. The summed E-state index contributed by atoms with van der Waals surface area (Å²) in [5, 5.41) is 9.98. The lowest BCUT2D eigenvalue weighted by Gasteiger charge is -2.24. The van der Waals surface area contributed by atoms with Gasteiger partial charge in [-0.15, -0.1) is 0 Å². The number of phenols is 1. The molecular weight excluding hydrogens is 294 g/mol. The fourth-order valence-electron chi connectivity index (χ4n) is 2.48. The van der Waals surface area contributed by atoms with E-state index in [1.807, 2.05) is 26.0 Å². The summed E-state index contributed by atoms with van der Waals surface area (Å²) in [6.07, 6.45) is 0. The summed E-state index contributed by atoms with van der Waals surface area (Å²) in [6.45, 7) is 5.41. The molecule has 0 heterocycles. The second-order valence-corrected chi connectivity index (χ2v) is 5.30. The molecule has 0 aliphatic carbocycles. The molecule has 0 unspecified atom stereocenters. The molecule has 5 heteroatoms. The molecule has 0 radical (unpaired) electrons. The van der Waals surface area contributed by atoms with Crippen molar-refractivity contribution < 1.29 is 19.4 Å². The first-order valence-corrected chi connectivity index (χ1v) is 7.22. The molecular formula is C18H21NO4. The van der Waals surface area contributed by atoms with Crippen LogP contribution in [0.5, 0.6) is 17.2 Å². The Bertz CT molecular complexity index is 740. The van der Waals surface area contributed by atoms with Crippen molar-refractivity contribution in [1.29, 1.82) is 0 Å². The van der Waals surface area contributed by atoms with Crippen LogP contribution in [-0.2, 0) is 4.79 Å². The van der Waals surface area contributed by atoms with Gasteiger partial charge >= 0.3 is 0 Å². The summed E-state index contributed by atoms with van der Waals surface area (Å²) in [4.78, 5) is 13.7. The number of hydrogen-bond donors (Lipinski definition) is 1. The molecule has 0 saturated heterocycles. The topological polar surface area (TPSA) is 59.0 Å². The Morgan fingerprint density at radius 3 is 2.17 bits per heavy atom. The number of carbonyl (C=O) groups is 1. The Balaban J connectivity index is 2.58. The van der Waals surface area contributed by atoms with Gasteiger partial charge in [-0.05, 0) is 43.2 Å². The van der Waals surface area contributed by atoms with Crippen molar-refractivity contribution in [2.24, 2.45) is 0 Å². The van der Waals surface area contributed by atoms with Crippen molar-refractivity contribution in [3.05, 3.63) is 41.5 Å². The molecule has 1 amide bonds. The van der Waals surface area contributed by atoms with Crippen LogP contribution >= 0.6 is 0 Å². The predicted octanol–water partition coefficient (Wildman–Crippen LogP) is 3.71. The van der Waals surface area contributed by atoms with E-state index in [0.29, 0.717) is 22.9 Å². The third-order valence-corrected chi connectivity index (χ3v) is 3.82. The summed E-state index contributed by atoms with van der Waals surface area (Å²) >= 11 is 0. The first-order chi connectivity index (χ1) is 10.9. The standard InChI is InChI=1S/C18H21NO4/c1-11-8-15(10-18(23-5)12(11)2)19(13(3)20)14-6-7-17(22-4)16(21)9-14/h6-10,21H,1-5H3. The van der Waals surface area contributed by atoms with Gasteiger partial charge in [0.1, 0.15) is 5.75 Å². The predicted molar refractivity (Wildman–Crippen MR) is 89.9 cm³/mol. The molecule has 0 fully saturated rings. The van der Waals surface area contributed by atoms with Crippen molar-refractivity contribution in [3.63, 3.8) is 0 Å². The van der Waals surface area contributed by atoms with Gasteiger partial charge in [-0.25, -0.2) is 0 Å². The molecule has 0 bridgehead atoms. The van der Waals surface area contributed by atoms with Gasteiger partial charge in [0.15, 0.2) is 11.5 Å². The number of anilines is 2. The normalized spacial score (nSPS) is 10.3. The smallest absolute Gasteiger partial charge is 0.228 e. The molecule has 23 heavy (non-hydrogen) atoms. The fraction of sp³-hybridized carbons (Fsp3) is 0.278. The molecule has 2 aromatic rings. The summed E-state index contributed by atoms with van der Waals surface area (Å²) < 4.78 is 10.4. The summed E-state index contributed by atoms with van der Waals surface area (Å²) in [7, 11) is 3.08. The van der Waals surface area contributed by atoms with Gasteiger partial charge in [0.2, 0.25) is 5.91 Å². The van der Waals surface area contributed by atoms with Crippen molar-refractivity contribution in [3.8, 4) is 17.2 Å². The second-order valence-electron chi connectivity index (χ2n) is 5.30. The Labute approximate surface area is 136 Å². The number of hydrogen-bond acceptors (Lipinski definition) is 4. The summed E-state index contributed by atoms with van der Waals surface area (Å²) in [5.41, 5.74) is 3.28. The highest BCUT2D eigenvalue weighted by atomic mass is 16.5. The minimum atomic E-state index is -0.167. The number of benzene rings is 2. The number of rotatable bonds is 4. The van der Waals surface area contributed by atoms with Crippen molar-refractivity contribution >= 4 is 17.3 Å². The van der Waals surface area contributed by atoms with Crippen molar-refractivity contribution in [1.82, 2.24) is 0 Å². The maximum atomic E-state index is 12.2. The van der Waals surface area contributed by atoms with Gasteiger partial charge in [0.25, 0.3) is 0 Å². The van der Waals surface area contributed by atoms with Gasteiger partial charge in [0.05, 0.1) is 25.6 Å². The van der Waals surface area contributed by atoms with Crippen LogP contribution in [0.2, 0.25) is 0 Å². The third kappa shape index (κ3) is 3.23. The number of nitrogens with zero attached hydrogens (tertiary/aromatic N) is 1. The van der Waals surface area contributed by atoms with E-state index in [0.717, 1.165) is 11.1 Å². The SMILES string of the molecule is COc1ccc(N(C(C)=O)c2cc(C)c(C)c(OC)c2)cc1O. The molecule has 0 spiro atoms. The van der Waals surface area contributed by atoms with E-state index >= 15 is 0 Å². The third-order valence-electron chi connectivity index (χ3n) is 3.82. The van der Waals surface area contributed by atoms with Crippen LogP contribution in [0.3, 0.4) is 0 Å². The summed E-state index contributed by atoms with van der Waals surface area (Å²) in [5.74, 6) is 0.880. The van der Waals surface area contributed by atoms with E-state index in [1.165, 1.54) is 25.0 Å². The Morgan fingerprint density at radius 1 is 1.00 bits per heavy atom. The first-order valence-electron chi connectivity index (χ1n) is 7.22. The highest BCUT2D eigenvalue weighted by molar-refractivity contribution is 5.99. The number of methoxy groups -OCH3 is 2. The maximum absolute atomic E-state index is 12.2. The number of phenolic OH excluding ortho intramolecular Hbond substituents is 1. The number of carbonyl (C=O) groups excluding carboxylic acids is 1. The lowest BCUT2D eigenvalue weighted by atomic mass is 10.1. The average molecular weight is 315 g/mol. The average Bonchev–Trinajstić information content (AvgIpc) is 2.50.